The largest absolute Gasteiger partial charge is 0.488 e. The first kappa shape index (κ1) is 21.1. The summed E-state index contributed by atoms with van der Waals surface area (Å²) in [6, 6.07) is 23.6. The Kier molecular flexibility index (Phi) is 6.91. The van der Waals surface area contributed by atoms with Gasteiger partial charge in [-0.2, -0.15) is 0 Å². The zero-order valence-electron chi connectivity index (χ0n) is 15.6. The number of hydrogen-bond acceptors (Lipinski definition) is 4. The summed E-state index contributed by atoms with van der Waals surface area (Å²) in [4.78, 5) is 17.5. The third-order valence-electron chi connectivity index (χ3n) is 4.18. The Balaban J connectivity index is 1.46. The van der Waals surface area contributed by atoms with Crippen LogP contribution in [0.2, 0.25) is 0 Å². The van der Waals surface area contributed by atoms with Crippen molar-refractivity contribution in [3.63, 3.8) is 0 Å². The van der Waals surface area contributed by atoms with E-state index in [4.69, 9.17) is 4.74 Å². The molecule has 0 atom stereocenters. The van der Waals surface area contributed by atoms with Crippen molar-refractivity contribution in [2.45, 2.75) is 6.61 Å². The first-order chi connectivity index (χ1) is 14.6. The number of hydrogen-bond donors (Lipinski definition) is 1. The average Bonchev–Trinajstić information content (AvgIpc) is 3.07. The maximum Gasteiger partial charge on any atom is 0.264 e. The zero-order valence-corrected chi connectivity index (χ0v) is 20.2. The summed E-state index contributed by atoms with van der Waals surface area (Å²) in [6.07, 6.45) is 1.85. The quantitative estimate of drug-likeness (QED) is 0.272. The van der Waals surface area contributed by atoms with Crippen LogP contribution in [0.5, 0.6) is 5.75 Å². The predicted molar refractivity (Wildman–Crippen MR) is 135 cm³/mol. The van der Waals surface area contributed by atoms with Crippen LogP contribution >= 0.6 is 50.3 Å². The van der Waals surface area contributed by atoms with Crippen LogP contribution in [-0.4, -0.2) is 11.1 Å². The van der Waals surface area contributed by atoms with E-state index in [1.165, 1.54) is 11.8 Å². The molecule has 3 aromatic rings. The number of halogens is 2. The van der Waals surface area contributed by atoms with Crippen LogP contribution < -0.4 is 10.1 Å². The van der Waals surface area contributed by atoms with Crippen molar-refractivity contribution < 1.29 is 9.53 Å². The summed E-state index contributed by atoms with van der Waals surface area (Å²) in [5.74, 6) is 0.607. The lowest BCUT2D eigenvalue weighted by atomic mass is 10.2. The monoisotopic (exact) mass is 590 g/mol. The molecule has 0 aromatic heterocycles. The van der Waals surface area contributed by atoms with Gasteiger partial charge in [0.05, 0.1) is 15.1 Å². The molecule has 1 heterocycles. The van der Waals surface area contributed by atoms with E-state index >= 15 is 0 Å². The van der Waals surface area contributed by atoms with Crippen LogP contribution in [0.15, 0.2) is 87.2 Å². The Morgan fingerprint density at radius 2 is 1.90 bits per heavy atom. The highest BCUT2D eigenvalue weighted by Gasteiger charge is 2.23. The lowest BCUT2D eigenvalue weighted by Gasteiger charge is -2.09. The summed E-state index contributed by atoms with van der Waals surface area (Å²) in [5.41, 5.74) is 2.82. The predicted octanol–water partition coefficient (Wildman–Crippen LogP) is 6.52. The van der Waals surface area contributed by atoms with Gasteiger partial charge in [-0.15, -0.1) is 0 Å². The molecule has 0 bridgehead atoms. The number of nitrogens with one attached hydrogen (secondary N) is 1. The maximum absolute atomic E-state index is 12.3. The highest BCUT2D eigenvalue weighted by Crippen LogP contribution is 2.31. The molecule has 4 rings (SSSR count). The summed E-state index contributed by atoms with van der Waals surface area (Å²) in [6.45, 7) is 0.496. The third kappa shape index (κ3) is 5.53. The number of carbonyl (C=O) groups is 1. The molecule has 150 valence electrons. The van der Waals surface area contributed by atoms with Gasteiger partial charge in [0.1, 0.15) is 12.4 Å². The first-order valence-corrected chi connectivity index (χ1v) is 11.8. The second-order valence-corrected chi connectivity index (χ2v) is 9.56. The Morgan fingerprint density at radius 3 is 2.67 bits per heavy atom. The average molecular weight is 591 g/mol. The molecule has 4 nitrogen and oxygen atoms in total. The lowest BCUT2D eigenvalue weighted by molar-refractivity contribution is -0.115. The second-order valence-electron chi connectivity index (χ2n) is 6.43. The van der Waals surface area contributed by atoms with Crippen molar-refractivity contribution in [1.82, 2.24) is 5.32 Å². The van der Waals surface area contributed by atoms with Gasteiger partial charge in [-0.1, -0.05) is 42.5 Å². The zero-order chi connectivity index (χ0) is 20.9. The van der Waals surface area contributed by atoms with Gasteiger partial charge in [0.2, 0.25) is 0 Å². The number of thioether (sulfide) groups is 1. The maximum atomic E-state index is 12.3. The van der Waals surface area contributed by atoms with E-state index in [0.717, 1.165) is 30.6 Å². The summed E-state index contributed by atoms with van der Waals surface area (Å²) >= 11 is 7.14. The Bertz CT molecular complexity index is 1150. The molecular weight excluding hydrogens is 575 g/mol. The SMILES string of the molecule is O=C1NC(=Nc2cccc(I)c2)S/C1=C/c1ccc(OCc2ccccc2)c(Br)c1. The number of benzene rings is 3. The van der Waals surface area contributed by atoms with Gasteiger partial charge in [-0.3, -0.25) is 4.79 Å². The molecule has 1 amide bonds. The van der Waals surface area contributed by atoms with E-state index in [-0.39, 0.29) is 5.91 Å². The van der Waals surface area contributed by atoms with Crippen molar-refractivity contribution in [3.05, 3.63) is 96.9 Å². The lowest BCUT2D eigenvalue weighted by Crippen LogP contribution is -2.19. The molecule has 30 heavy (non-hydrogen) atoms. The Hall–Kier alpha value is -2.10. The number of carbonyl (C=O) groups excluding carboxylic acids is 1. The van der Waals surface area contributed by atoms with Gasteiger partial charge < -0.3 is 10.1 Å². The Morgan fingerprint density at radius 1 is 1.07 bits per heavy atom. The number of amides is 1. The standard InChI is InChI=1S/C23H16BrIN2O2S/c24-19-11-16(9-10-20(19)29-14-15-5-2-1-3-6-15)12-21-22(28)27-23(30-21)26-18-8-4-7-17(25)13-18/h1-13H,14H2,(H,26,27,28)/b21-12+. The highest BCUT2D eigenvalue weighted by molar-refractivity contribution is 14.1. The fourth-order valence-electron chi connectivity index (χ4n) is 2.75. The van der Waals surface area contributed by atoms with Crippen LogP contribution in [0, 0.1) is 3.57 Å². The number of nitrogens with zero attached hydrogens (tertiary/aromatic N) is 1. The number of rotatable bonds is 5. The molecule has 0 radical (unpaired) electrons. The number of aliphatic imine (C=N–C) groups is 1. The molecular formula is C23H16BrIN2O2S. The van der Waals surface area contributed by atoms with Crippen molar-refractivity contribution >= 4 is 73.1 Å². The number of ether oxygens (including phenoxy) is 1. The van der Waals surface area contributed by atoms with E-state index in [1.54, 1.807) is 0 Å². The first-order valence-electron chi connectivity index (χ1n) is 9.08. The van der Waals surface area contributed by atoms with Gasteiger partial charge in [0.15, 0.2) is 5.17 Å². The van der Waals surface area contributed by atoms with E-state index in [0.29, 0.717) is 16.7 Å². The fraction of sp³-hybridized carbons (Fsp3) is 0.0435. The van der Waals surface area contributed by atoms with Crippen LogP contribution in [-0.2, 0) is 11.4 Å². The van der Waals surface area contributed by atoms with Crippen LogP contribution in [0.3, 0.4) is 0 Å². The van der Waals surface area contributed by atoms with Gasteiger partial charge >= 0.3 is 0 Å². The molecule has 1 aliphatic heterocycles. The van der Waals surface area contributed by atoms with E-state index in [2.05, 4.69) is 48.8 Å². The van der Waals surface area contributed by atoms with E-state index in [9.17, 15) is 4.79 Å². The van der Waals surface area contributed by atoms with Crippen molar-refractivity contribution in [2.75, 3.05) is 0 Å². The van der Waals surface area contributed by atoms with Gasteiger partial charge in [-0.25, -0.2) is 4.99 Å². The molecule has 7 heteroatoms. The van der Waals surface area contributed by atoms with Crippen LogP contribution in [0.1, 0.15) is 11.1 Å². The molecule has 3 aromatic carbocycles. The van der Waals surface area contributed by atoms with Crippen molar-refractivity contribution in [2.24, 2.45) is 4.99 Å². The highest BCUT2D eigenvalue weighted by atomic mass is 127. The van der Waals surface area contributed by atoms with Gasteiger partial charge in [0, 0.05) is 3.57 Å². The Labute approximate surface area is 201 Å². The van der Waals surface area contributed by atoms with Crippen molar-refractivity contribution in [3.8, 4) is 5.75 Å². The smallest absolute Gasteiger partial charge is 0.264 e. The van der Waals surface area contributed by atoms with Crippen LogP contribution in [0.25, 0.3) is 6.08 Å². The van der Waals surface area contributed by atoms with E-state index in [1.807, 2.05) is 78.9 Å². The third-order valence-corrected chi connectivity index (χ3v) is 6.38. The normalized spacial score (nSPS) is 16.1. The van der Waals surface area contributed by atoms with Crippen molar-refractivity contribution in [1.29, 1.82) is 0 Å². The van der Waals surface area contributed by atoms with E-state index < -0.39 is 0 Å². The minimum Gasteiger partial charge on any atom is -0.488 e. The number of amidine groups is 1. The second kappa shape index (κ2) is 9.80. The molecule has 1 aliphatic rings. The molecule has 0 aliphatic carbocycles. The minimum absolute atomic E-state index is 0.148. The summed E-state index contributed by atoms with van der Waals surface area (Å²) < 4.78 is 7.82. The summed E-state index contributed by atoms with van der Waals surface area (Å²) in [7, 11) is 0. The minimum atomic E-state index is -0.148. The molecule has 0 unspecified atom stereocenters. The van der Waals surface area contributed by atoms with Crippen LogP contribution in [0.4, 0.5) is 5.69 Å². The van der Waals surface area contributed by atoms with Gasteiger partial charge in [0.25, 0.3) is 5.91 Å². The molecule has 0 spiro atoms. The molecule has 1 fully saturated rings. The molecule has 1 N–H and O–H groups in total. The summed E-state index contributed by atoms with van der Waals surface area (Å²) in [5, 5.41) is 3.40. The topological polar surface area (TPSA) is 50.7 Å². The fourth-order valence-corrected chi connectivity index (χ4v) is 4.63. The molecule has 0 saturated carbocycles. The van der Waals surface area contributed by atoms with Gasteiger partial charge in [-0.05, 0) is 97.8 Å². The molecule has 1 saturated heterocycles.